The molecule has 0 saturated heterocycles. The molecule has 221 valence electrons. The fraction of sp³-hybridized carbons (Fsp3) is 0.143. The number of para-hydroxylation sites is 2. The first-order valence-corrected chi connectivity index (χ1v) is 16.0. The van der Waals surface area contributed by atoms with Crippen LogP contribution >= 0.6 is 0 Å². The number of hydrogen-bond acceptors (Lipinski definition) is 3. The van der Waals surface area contributed by atoms with Crippen molar-refractivity contribution >= 4 is 51.9 Å². The van der Waals surface area contributed by atoms with Crippen LogP contribution in [0, 0.1) is 0 Å². The van der Waals surface area contributed by atoms with Crippen LogP contribution in [0.4, 0.5) is 17.1 Å². The zero-order valence-electron chi connectivity index (χ0n) is 26.4. The number of furan rings is 1. The third-order valence-corrected chi connectivity index (χ3v) is 10.6. The zero-order valence-corrected chi connectivity index (χ0v) is 26.4. The molecule has 4 heteroatoms. The Labute approximate surface area is 270 Å². The normalized spacial score (nSPS) is 15.0. The SMILES string of the molecule is CC1(C)c2ccccc2-c2ccc(N(c3ccc4c(c3)C(C)(C)c3ccccc3-4)c3cccc4c3oc3c([B]O)cccc34)cc21. The molecule has 6 aromatic carbocycles. The van der Waals surface area contributed by atoms with E-state index in [0.717, 1.165) is 40.9 Å². The van der Waals surface area contributed by atoms with Gasteiger partial charge in [-0.05, 0) is 80.3 Å². The number of anilines is 3. The smallest absolute Gasteiger partial charge is 0.330 e. The highest BCUT2D eigenvalue weighted by atomic mass is 16.3. The molecule has 0 unspecified atom stereocenters. The lowest BCUT2D eigenvalue weighted by Gasteiger charge is -2.29. The molecule has 0 atom stereocenters. The second-order valence-electron chi connectivity index (χ2n) is 13.7. The van der Waals surface area contributed by atoms with Gasteiger partial charge in [-0.3, -0.25) is 0 Å². The summed E-state index contributed by atoms with van der Waals surface area (Å²) in [5.41, 5.74) is 15.5. The van der Waals surface area contributed by atoms with Crippen molar-refractivity contribution in [2.75, 3.05) is 4.90 Å². The quantitative estimate of drug-likeness (QED) is 0.206. The minimum absolute atomic E-state index is 0.133. The van der Waals surface area contributed by atoms with E-state index >= 15 is 0 Å². The van der Waals surface area contributed by atoms with Gasteiger partial charge >= 0.3 is 7.48 Å². The summed E-state index contributed by atoms with van der Waals surface area (Å²) in [5, 5.41) is 12.0. The Kier molecular flexibility index (Phi) is 5.62. The van der Waals surface area contributed by atoms with E-state index in [9.17, 15) is 5.02 Å². The molecule has 1 N–H and O–H groups in total. The maximum Gasteiger partial charge on any atom is 0.330 e. The molecule has 7 aromatic rings. The van der Waals surface area contributed by atoms with E-state index in [4.69, 9.17) is 4.42 Å². The van der Waals surface area contributed by atoms with Crippen LogP contribution in [0.1, 0.15) is 49.9 Å². The summed E-state index contributed by atoms with van der Waals surface area (Å²) in [6.07, 6.45) is 0. The standard InChI is InChI=1S/C42H33BNO2/c1-41(2)33-15-7-5-11-27(33)29-21-19-25(23-35(29)41)44(26-20-22-30-28-12-6-8-16-34(28)42(3,4)36(30)24-26)38-18-10-14-32-31-13-9-17-37(43-45)39(31)46-40(32)38/h5-24,45H,1-4H3. The van der Waals surface area contributed by atoms with E-state index < -0.39 is 0 Å². The third kappa shape index (κ3) is 3.59. The molecule has 3 nitrogen and oxygen atoms in total. The van der Waals surface area contributed by atoms with Gasteiger partial charge in [0.2, 0.25) is 0 Å². The topological polar surface area (TPSA) is 36.6 Å². The zero-order chi connectivity index (χ0) is 31.4. The Hall–Kier alpha value is -5.06. The minimum Gasteiger partial charge on any atom is -0.454 e. The lowest BCUT2D eigenvalue weighted by molar-refractivity contribution is 0.613. The van der Waals surface area contributed by atoms with Gasteiger partial charge in [0.1, 0.15) is 5.58 Å². The maximum atomic E-state index is 10.0. The Morgan fingerprint density at radius 3 is 1.59 bits per heavy atom. The molecule has 2 aliphatic rings. The van der Waals surface area contributed by atoms with Crippen molar-refractivity contribution in [2.24, 2.45) is 0 Å². The first-order valence-electron chi connectivity index (χ1n) is 16.0. The van der Waals surface area contributed by atoms with Crippen molar-refractivity contribution in [2.45, 2.75) is 38.5 Å². The number of hydrogen-bond donors (Lipinski definition) is 1. The average molecular weight is 595 g/mol. The summed E-state index contributed by atoms with van der Waals surface area (Å²) in [6.45, 7) is 9.31. The molecule has 0 aliphatic heterocycles. The lowest BCUT2D eigenvalue weighted by Crippen LogP contribution is -2.18. The van der Waals surface area contributed by atoms with Gasteiger partial charge in [-0.2, -0.15) is 0 Å². The summed E-state index contributed by atoms with van der Waals surface area (Å²) in [7, 11) is 1.13. The Balaban J connectivity index is 1.31. The van der Waals surface area contributed by atoms with E-state index in [-0.39, 0.29) is 10.8 Å². The highest BCUT2D eigenvalue weighted by Crippen LogP contribution is 2.53. The Morgan fingerprint density at radius 1 is 0.522 bits per heavy atom. The van der Waals surface area contributed by atoms with Crippen molar-refractivity contribution < 1.29 is 9.44 Å². The molecule has 2 aliphatic carbocycles. The van der Waals surface area contributed by atoms with Crippen LogP contribution in [0.5, 0.6) is 0 Å². The summed E-state index contributed by atoms with van der Waals surface area (Å²) >= 11 is 0. The molecule has 9 rings (SSSR count). The van der Waals surface area contributed by atoms with Crippen LogP contribution < -0.4 is 10.4 Å². The van der Waals surface area contributed by atoms with Crippen LogP contribution in [0.2, 0.25) is 0 Å². The molecule has 1 radical (unpaired) electrons. The fourth-order valence-corrected chi connectivity index (χ4v) is 8.19. The highest BCUT2D eigenvalue weighted by Gasteiger charge is 2.38. The number of rotatable bonds is 4. The van der Waals surface area contributed by atoms with Gasteiger partial charge in [0.05, 0.1) is 5.69 Å². The molecule has 0 spiro atoms. The molecule has 1 aromatic heterocycles. The Bertz CT molecular complexity index is 2270. The predicted octanol–water partition coefficient (Wildman–Crippen LogP) is 9.91. The molecular formula is C42H33BNO2. The van der Waals surface area contributed by atoms with Gasteiger partial charge in [-0.15, -0.1) is 0 Å². The van der Waals surface area contributed by atoms with E-state index in [2.05, 4.69) is 142 Å². The van der Waals surface area contributed by atoms with Gasteiger partial charge in [-0.25, -0.2) is 0 Å². The van der Waals surface area contributed by atoms with Crippen LogP contribution in [0.3, 0.4) is 0 Å². The largest absolute Gasteiger partial charge is 0.454 e. The van der Waals surface area contributed by atoms with E-state index in [1.54, 1.807) is 0 Å². The number of nitrogens with zero attached hydrogens (tertiary/aromatic N) is 1. The maximum absolute atomic E-state index is 10.0. The molecular weight excluding hydrogens is 561 g/mol. The van der Waals surface area contributed by atoms with E-state index in [1.807, 2.05) is 12.1 Å². The van der Waals surface area contributed by atoms with Gasteiger partial charge < -0.3 is 14.3 Å². The summed E-state index contributed by atoms with van der Waals surface area (Å²) in [6, 6.07) is 43.6. The van der Waals surface area contributed by atoms with Gasteiger partial charge in [0.25, 0.3) is 0 Å². The van der Waals surface area contributed by atoms with Crippen LogP contribution in [0.15, 0.2) is 126 Å². The van der Waals surface area contributed by atoms with Gasteiger partial charge in [-0.1, -0.05) is 119 Å². The van der Waals surface area contributed by atoms with Crippen LogP contribution in [0.25, 0.3) is 44.2 Å². The second kappa shape index (κ2) is 9.48. The molecule has 0 amide bonds. The molecule has 0 fully saturated rings. The summed E-state index contributed by atoms with van der Waals surface area (Å²) in [5.74, 6) is 0. The minimum atomic E-state index is -0.133. The average Bonchev–Trinajstić information content (AvgIpc) is 3.66. The molecule has 46 heavy (non-hydrogen) atoms. The Morgan fingerprint density at radius 2 is 1.02 bits per heavy atom. The van der Waals surface area contributed by atoms with Crippen molar-refractivity contribution in [1.82, 2.24) is 0 Å². The molecule has 1 heterocycles. The molecule has 0 bridgehead atoms. The second-order valence-corrected chi connectivity index (χ2v) is 13.7. The van der Waals surface area contributed by atoms with Gasteiger partial charge in [0, 0.05) is 33.0 Å². The van der Waals surface area contributed by atoms with E-state index in [0.29, 0.717) is 11.0 Å². The first-order chi connectivity index (χ1) is 22.3. The highest BCUT2D eigenvalue weighted by molar-refractivity contribution is 6.50. The van der Waals surface area contributed by atoms with Crippen LogP contribution in [-0.4, -0.2) is 12.5 Å². The van der Waals surface area contributed by atoms with Crippen molar-refractivity contribution in [3.63, 3.8) is 0 Å². The summed E-state index contributed by atoms with van der Waals surface area (Å²) in [4.78, 5) is 2.35. The summed E-state index contributed by atoms with van der Waals surface area (Å²) < 4.78 is 6.67. The third-order valence-electron chi connectivity index (χ3n) is 10.6. The fourth-order valence-electron chi connectivity index (χ4n) is 8.19. The van der Waals surface area contributed by atoms with Gasteiger partial charge in [0.15, 0.2) is 5.58 Å². The van der Waals surface area contributed by atoms with Crippen molar-refractivity contribution in [3.8, 4) is 22.3 Å². The van der Waals surface area contributed by atoms with Crippen molar-refractivity contribution in [3.05, 3.63) is 144 Å². The molecule has 0 saturated carbocycles. The predicted molar refractivity (Wildman–Crippen MR) is 191 cm³/mol. The first kappa shape index (κ1) is 27.3. The lowest BCUT2D eigenvalue weighted by atomic mass is 9.82. The number of fused-ring (bicyclic) bond motifs is 9. The number of benzene rings is 6. The monoisotopic (exact) mass is 594 g/mol. The van der Waals surface area contributed by atoms with Crippen LogP contribution in [-0.2, 0) is 10.8 Å². The van der Waals surface area contributed by atoms with Crippen molar-refractivity contribution in [1.29, 1.82) is 0 Å². The van der Waals surface area contributed by atoms with E-state index in [1.165, 1.54) is 44.5 Å².